The van der Waals surface area contributed by atoms with Crippen LogP contribution in [0.3, 0.4) is 0 Å². The molecule has 0 spiro atoms. The maximum absolute atomic E-state index is 11.4. The first-order valence-electron chi connectivity index (χ1n) is 4.59. The van der Waals surface area contributed by atoms with Crippen molar-refractivity contribution in [2.75, 3.05) is 4.90 Å². The predicted molar refractivity (Wildman–Crippen MR) is 58.3 cm³/mol. The van der Waals surface area contributed by atoms with Gasteiger partial charge >= 0.3 is 6.03 Å². The minimum Gasteiger partial charge on any atom is -0.272 e. The van der Waals surface area contributed by atoms with Gasteiger partial charge in [0.15, 0.2) is 0 Å². The molecule has 1 aliphatic heterocycles. The number of benzene rings is 1. The number of urea groups is 1. The van der Waals surface area contributed by atoms with Crippen molar-refractivity contribution in [3.8, 4) is 0 Å². The fourth-order valence-electron chi connectivity index (χ4n) is 1.45. The second-order valence-electron chi connectivity index (χ2n) is 3.31. The molecular formula is C10H7N3O4. The lowest BCUT2D eigenvalue weighted by atomic mass is 10.2. The number of hydrogen-bond acceptors (Lipinski definition) is 4. The normalized spacial score (nSPS) is 15.1. The molecule has 7 heteroatoms. The van der Waals surface area contributed by atoms with E-state index in [9.17, 15) is 19.7 Å². The van der Waals surface area contributed by atoms with Crippen LogP contribution < -0.4 is 10.2 Å². The molecule has 0 aromatic heterocycles. The number of hydrogen-bond donors (Lipinski definition) is 1. The molecule has 1 fully saturated rings. The zero-order valence-electron chi connectivity index (χ0n) is 8.54. The molecular weight excluding hydrogens is 226 g/mol. The van der Waals surface area contributed by atoms with Crippen LogP contribution >= 0.6 is 0 Å². The van der Waals surface area contributed by atoms with Crippen molar-refractivity contribution in [3.05, 3.63) is 46.7 Å². The fourth-order valence-corrected chi connectivity index (χ4v) is 1.45. The summed E-state index contributed by atoms with van der Waals surface area (Å²) in [5.74, 6) is -0.576. The number of nitro groups is 1. The van der Waals surface area contributed by atoms with E-state index in [1.54, 1.807) is 0 Å². The SMILES string of the molecule is C=C1C(=O)NC(=O)N1c1ccc([N+](=O)[O-])cc1. The van der Waals surface area contributed by atoms with Crippen LogP contribution in [-0.2, 0) is 4.79 Å². The molecule has 1 saturated heterocycles. The second-order valence-corrected chi connectivity index (χ2v) is 3.31. The van der Waals surface area contributed by atoms with Crippen molar-refractivity contribution in [2.45, 2.75) is 0 Å². The molecule has 1 aromatic carbocycles. The van der Waals surface area contributed by atoms with Gasteiger partial charge in [-0.25, -0.2) is 4.79 Å². The Hall–Kier alpha value is -2.70. The minimum atomic E-state index is -0.617. The van der Waals surface area contributed by atoms with Gasteiger partial charge in [0.2, 0.25) is 0 Å². The Labute approximate surface area is 95.5 Å². The van der Waals surface area contributed by atoms with Crippen molar-refractivity contribution >= 4 is 23.3 Å². The largest absolute Gasteiger partial charge is 0.333 e. The van der Waals surface area contributed by atoms with Gasteiger partial charge in [0.1, 0.15) is 5.70 Å². The van der Waals surface area contributed by atoms with E-state index < -0.39 is 16.9 Å². The molecule has 1 heterocycles. The number of nitro benzene ring substituents is 1. The van der Waals surface area contributed by atoms with Crippen LogP contribution in [0, 0.1) is 10.1 Å². The number of rotatable bonds is 2. The summed E-state index contributed by atoms with van der Waals surface area (Å²) < 4.78 is 0. The van der Waals surface area contributed by atoms with E-state index in [1.807, 2.05) is 0 Å². The summed E-state index contributed by atoms with van der Waals surface area (Å²) in [6.07, 6.45) is 0. The average molecular weight is 233 g/mol. The van der Waals surface area contributed by atoms with E-state index in [0.29, 0.717) is 5.69 Å². The minimum absolute atomic E-state index is 0.0103. The number of carbonyl (C=O) groups is 2. The molecule has 17 heavy (non-hydrogen) atoms. The first-order valence-corrected chi connectivity index (χ1v) is 4.59. The number of nitrogens with zero attached hydrogens (tertiary/aromatic N) is 2. The average Bonchev–Trinajstić information content (AvgIpc) is 2.53. The van der Waals surface area contributed by atoms with Crippen LogP contribution in [0.4, 0.5) is 16.2 Å². The topological polar surface area (TPSA) is 92.6 Å². The Morgan fingerprint density at radius 2 is 1.82 bits per heavy atom. The van der Waals surface area contributed by atoms with Crippen molar-refractivity contribution in [1.82, 2.24) is 5.32 Å². The van der Waals surface area contributed by atoms with Crippen molar-refractivity contribution < 1.29 is 14.5 Å². The van der Waals surface area contributed by atoms with Gasteiger partial charge in [0.05, 0.1) is 10.6 Å². The quantitative estimate of drug-likeness (QED) is 0.359. The Kier molecular flexibility index (Phi) is 2.36. The van der Waals surface area contributed by atoms with Gasteiger partial charge in [0, 0.05) is 12.1 Å². The van der Waals surface area contributed by atoms with Crippen LogP contribution in [0.5, 0.6) is 0 Å². The third-order valence-electron chi connectivity index (χ3n) is 2.27. The molecule has 3 amide bonds. The molecule has 86 valence electrons. The third kappa shape index (κ3) is 1.73. The van der Waals surface area contributed by atoms with Gasteiger partial charge in [-0.15, -0.1) is 0 Å². The number of amides is 3. The zero-order chi connectivity index (χ0) is 12.6. The highest BCUT2D eigenvalue weighted by atomic mass is 16.6. The van der Waals surface area contributed by atoms with Crippen LogP contribution in [0.2, 0.25) is 0 Å². The maximum atomic E-state index is 11.4. The van der Waals surface area contributed by atoms with Crippen LogP contribution in [0.15, 0.2) is 36.5 Å². The summed E-state index contributed by atoms with van der Waals surface area (Å²) in [5, 5.41) is 12.5. The highest BCUT2D eigenvalue weighted by molar-refractivity contribution is 6.21. The smallest absolute Gasteiger partial charge is 0.272 e. The molecule has 0 saturated carbocycles. The second kappa shape index (κ2) is 3.71. The highest BCUT2D eigenvalue weighted by Gasteiger charge is 2.32. The molecule has 1 aliphatic rings. The number of imide groups is 1. The summed E-state index contributed by atoms with van der Waals surface area (Å²) >= 11 is 0. The lowest BCUT2D eigenvalue weighted by Gasteiger charge is -2.13. The van der Waals surface area contributed by atoms with E-state index in [0.717, 1.165) is 4.90 Å². The molecule has 0 unspecified atom stereocenters. The summed E-state index contributed by atoms with van der Waals surface area (Å²) in [6, 6.07) is 4.63. The van der Waals surface area contributed by atoms with Gasteiger partial charge in [-0.1, -0.05) is 6.58 Å². The molecule has 7 nitrogen and oxygen atoms in total. The Bertz CT molecular complexity index is 535. The van der Waals surface area contributed by atoms with Gasteiger partial charge in [-0.3, -0.25) is 25.1 Å². The van der Waals surface area contributed by atoms with Crippen molar-refractivity contribution in [3.63, 3.8) is 0 Å². The molecule has 0 radical (unpaired) electrons. The van der Waals surface area contributed by atoms with Crippen molar-refractivity contribution in [2.24, 2.45) is 0 Å². The Balaban J connectivity index is 2.35. The van der Waals surface area contributed by atoms with E-state index in [-0.39, 0.29) is 11.4 Å². The van der Waals surface area contributed by atoms with Gasteiger partial charge < -0.3 is 0 Å². The summed E-state index contributed by atoms with van der Waals surface area (Å²) in [6.45, 7) is 3.46. The number of non-ortho nitro benzene ring substituents is 1. The summed E-state index contributed by atoms with van der Waals surface area (Å²) in [5.41, 5.74) is 0.248. The third-order valence-corrected chi connectivity index (χ3v) is 2.27. The first kappa shape index (κ1) is 10.8. The number of carbonyl (C=O) groups excluding carboxylic acids is 2. The van der Waals surface area contributed by atoms with E-state index in [2.05, 4.69) is 11.9 Å². The fraction of sp³-hybridized carbons (Fsp3) is 0. The Morgan fingerprint density at radius 1 is 1.24 bits per heavy atom. The predicted octanol–water partition coefficient (Wildman–Crippen LogP) is 1.16. The van der Waals surface area contributed by atoms with Crippen LogP contribution in [-0.4, -0.2) is 16.9 Å². The molecule has 0 bridgehead atoms. The number of anilines is 1. The van der Waals surface area contributed by atoms with E-state index in [1.165, 1.54) is 24.3 Å². The summed E-state index contributed by atoms with van der Waals surface area (Å²) in [7, 11) is 0. The van der Waals surface area contributed by atoms with Gasteiger partial charge in [-0.2, -0.15) is 0 Å². The standard InChI is InChI=1S/C10H7N3O4/c1-6-9(14)11-10(15)12(6)7-2-4-8(5-3-7)13(16)17/h2-5H,1H2,(H,11,14,15). The van der Waals surface area contributed by atoms with Gasteiger partial charge in [-0.05, 0) is 12.1 Å². The summed E-state index contributed by atoms with van der Waals surface area (Å²) in [4.78, 5) is 33.5. The lowest BCUT2D eigenvalue weighted by Crippen LogP contribution is -2.27. The molecule has 0 atom stereocenters. The lowest BCUT2D eigenvalue weighted by molar-refractivity contribution is -0.384. The van der Waals surface area contributed by atoms with Crippen LogP contribution in [0.25, 0.3) is 0 Å². The number of nitrogens with one attached hydrogen (secondary N) is 1. The monoisotopic (exact) mass is 233 g/mol. The van der Waals surface area contributed by atoms with E-state index >= 15 is 0 Å². The highest BCUT2D eigenvalue weighted by Crippen LogP contribution is 2.24. The zero-order valence-corrected chi connectivity index (χ0v) is 8.54. The Morgan fingerprint density at radius 3 is 2.24 bits per heavy atom. The van der Waals surface area contributed by atoms with Crippen molar-refractivity contribution in [1.29, 1.82) is 0 Å². The molecule has 0 aliphatic carbocycles. The van der Waals surface area contributed by atoms with Crippen LogP contribution in [0.1, 0.15) is 0 Å². The molecule has 2 rings (SSSR count). The maximum Gasteiger partial charge on any atom is 0.333 e. The van der Waals surface area contributed by atoms with Gasteiger partial charge in [0.25, 0.3) is 11.6 Å². The molecule has 1 aromatic rings. The molecule has 1 N–H and O–H groups in total. The first-order chi connectivity index (χ1) is 8.00. The van der Waals surface area contributed by atoms with E-state index in [4.69, 9.17) is 0 Å².